The Bertz CT molecular complexity index is 284. The van der Waals surface area contributed by atoms with Crippen molar-refractivity contribution in [3.05, 3.63) is 54.1 Å². The van der Waals surface area contributed by atoms with Crippen LogP contribution in [-0.4, -0.2) is 0 Å². The zero-order chi connectivity index (χ0) is 11.7. The van der Waals surface area contributed by atoms with E-state index in [9.17, 15) is 8.78 Å². The van der Waals surface area contributed by atoms with Gasteiger partial charge in [0.1, 0.15) is 0 Å². The molecule has 1 aromatic rings. The smallest absolute Gasteiger partial charge is 0.269 e. The van der Waals surface area contributed by atoms with E-state index in [1.807, 2.05) is 29.8 Å². The summed E-state index contributed by atoms with van der Waals surface area (Å²) in [5.74, 6) is 0. The van der Waals surface area contributed by atoms with Gasteiger partial charge in [-0.25, -0.2) is 0 Å². The molecule has 0 spiro atoms. The van der Waals surface area contributed by atoms with Crippen molar-refractivity contribution in [3.8, 4) is 0 Å². The first-order valence-corrected chi connectivity index (χ1v) is 5.60. The van der Waals surface area contributed by atoms with Crippen molar-refractivity contribution in [2.45, 2.75) is 26.7 Å². The van der Waals surface area contributed by atoms with Crippen molar-refractivity contribution in [2.75, 3.05) is 0 Å². The fourth-order valence-corrected chi connectivity index (χ4v) is 1.18. The van der Waals surface area contributed by atoms with Crippen molar-refractivity contribution in [3.63, 3.8) is 0 Å². The van der Waals surface area contributed by atoms with Gasteiger partial charge in [-0.05, 0) is 43.0 Å². The average Bonchev–Trinajstić information content (AvgIpc) is 2.71. The molecule has 1 aromatic heterocycles. The van der Waals surface area contributed by atoms with Gasteiger partial charge in [-0.15, -0.1) is 6.58 Å². The number of allylic oxidation sites excluding steroid dienone is 2. The monoisotopic (exact) mass is 429 g/mol. The van der Waals surface area contributed by atoms with Gasteiger partial charge in [-0.3, -0.25) is 0 Å². The maximum Gasteiger partial charge on any atom is 0.269 e. The third kappa shape index (κ3) is 15.7. The van der Waals surface area contributed by atoms with Crippen LogP contribution in [-0.2, 0) is 21.1 Å². The van der Waals surface area contributed by atoms with Gasteiger partial charge < -0.3 is 7.43 Å². The van der Waals surface area contributed by atoms with E-state index in [4.69, 9.17) is 0 Å². The summed E-state index contributed by atoms with van der Waals surface area (Å²) in [5, 5.41) is 4.08. The van der Waals surface area contributed by atoms with Gasteiger partial charge in [0, 0.05) is 21.1 Å². The van der Waals surface area contributed by atoms with E-state index in [0.717, 1.165) is 5.57 Å². The Kier molecular flexibility index (Phi) is 17.8. The van der Waals surface area contributed by atoms with Gasteiger partial charge in [-0.2, -0.15) is 20.1 Å². The second kappa shape index (κ2) is 13.8. The predicted octanol–water partition coefficient (Wildman–Crippen LogP) is 5.71. The minimum absolute atomic E-state index is 0. The maximum atomic E-state index is 11.7. The Morgan fingerprint density at radius 2 is 1.59 bits per heavy atom. The Balaban J connectivity index is -0.000000238. The van der Waals surface area contributed by atoms with Gasteiger partial charge in [0.25, 0.3) is 6.08 Å². The minimum Gasteiger partial charge on any atom is -0.358 e. The summed E-state index contributed by atoms with van der Waals surface area (Å²) in [7, 11) is 0. The molecule has 1 rings (SSSR count). The third-order valence-electron chi connectivity index (χ3n) is 1.67. The summed E-state index contributed by atoms with van der Waals surface area (Å²) in [6.45, 7) is 6.90. The van der Waals surface area contributed by atoms with Crippen LogP contribution >= 0.6 is 11.3 Å². The molecule has 0 aliphatic carbocycles. The summed E-state index contributed by atoms with van der Waals surface area (Å²) in [6, 6.07) is 4.04. The zero-order valence-corrected chi connectivity index (χ0v) is 14.3. The quantitative estimate of drug-likeness (QED) is 0.427. The SMILES string of the molecule is C=C(C)CCC(C)=C(F)F.[CH3-].[W].c1ccsc1. The molecule has 0 N–H and O–H groups in total. The van der Waals surface area contributed by atoms with Crippen LogP contribution in [0, 0.1) is 7.43 Å². The molecule has 4 heteroatoms. The molecule has 0 aliphatic heterocycles. The first kappa shape index (κ1) is 22.0. The number of hydrogen-bond donors (Lipinski definition) is 0. The molecule has 17 heavy (non-hydrogen) atoms. The maximum absolute atomic E-state index is 11.7. The summed E-state index contributed by atoms with van der Waals surface area (Å²) in [6.07, 6.45) is -0.470. The standard InChI is InChI=1S/C8H12F2.C4H4S.CH3.W/c1-6(2)4-5-7(3)8(9)10;1-2-4-5-3-1;;/h1,4-5H2,2-3H3;1-4H;1H3;/q;;-1;. The molecule has 0 fully saturated rings. The van der Waals surface area contributed by atoms with Gasteiger partial charge in [0.2, 0.25) is 0 Å². The molecule has 0 saturated heterocycles. The fourth-order valence-electron chi connectivity index (χ4n) is 0.722. The second-order valence-electron chi connectivity index (χ2n) is 3.29. The van der Waals surface area contributed by atoms with Gasteiger partial charge in [0.15, 0.2) is 0 Å². The summed E-state index contributed by atoms with van der Waals surface area (Å²) in [5.41, 5.74) is 1.11. The fraction of sp³-hybridized carbons (Fsp3) is 0.308. The second-order valence-corrected chi connectivity index (χ2v) is 4.11. The Morgan fingerprint density at radius 3 is 1.82 bits per heavy atom. The molecule has 0 saturated carbocycles. The Hall–Kier alpha value is -0.272. The van der Waals surface area contributed by atoms with E-state index in [0.29, 0.717) is 12.8 Å². The van der Waals surface area contributed by atoms with Crippen LogP contribution in [0.1, 0.15) is 26.7 Å². The van der Waals surface area contributed by atoms with Crippen molar-refractivity contribution in [2.24, 2.45) is 0 Å². The third-order valence-corrected chi connectivity index (χ3v) is 2.30. The molecule has 0 atom stereocenters. The van der Waals surface area contributed by atoms with E-state index >= 15 is 0 Å². The van der Waals surface area contributed by atoms with Crippen molar-refractivity contribution in [1.82, 2.24) is 0 Å². The van der Waals surface area contributed by atoms with Crippen LogP contribution in [0.15, 0.2) is 46.7 Å². The largest absolute Gasteiger partial charge is 0.358 e. The van der Waals surface area contributed by atoms with Crippen LogP contribution in [0.2, 0.25) is 0 Å². The van der Waals surface area contributed by atoms with E-state index in [1.54, 1.807) is 11.3 Å². The molecule has 0 amide bonds. The van der Waals surface area contributed by atoms with E-state index in [1.165, 1.54) is 6.92 Å². The van der Waals surface area contributed by atoms with Gasteiger partial charge in [0.05, 0.1) is 0 Å². The molecule has 0 aliphatic rings. The molecule has 0 bridgehead atoms. The molecular weight excluding hydrogens is 410 g/mol. The summed E-state index contributed by atoms with van der Waals surface area (Å²) in [4.78, 5) is 0. The van der Waals surface area contributed by atoms with Crippen LogP contribution < -0.4 is 0 Å². The number of hydrogen-bond acceptors (Lipinski definition) is 1. The van der Waals surface area contributed by atoms with Crippen molar-refractivity contribution in [1.29, 1.82) is 0 Å². The van der Waals surface area contributed by atoms with Gasteiger partial charge in [-0.1, -0.05) is 17.7 Å². The molecular formula is C13H19F2SW-. The molecule has 98 valence electrons. The number of rotatable bonds is 3. The normalized spacial score (nSPS) is 7.76. The van der Waals surface area contributed by atoms with E-state index in [-0.39, 0.29) is 34.1 Å². The predicted molar refractivity (Wildman–Crippen MR) is 69.7 cm³/mol. The molecule has 0 aromatic carbocycles. The van der Waals surface area contributed by atoms with Crippen LogP contribution in [0.3, 0.4) is 0 Å². The van der Waals surface area contributed by atoms with Crippen LogP contribution in [0.5, 0.6) is 0 Å². The van der Waals surface area contributed by atoms with Crippen molar-refractivity contribution >= 4 is 11.3 Å². The average molecular weight is 429 g/mol. The minimum atomic E-state index is -1.55. The molecule has 0 unspecified atom stereocenters. The van der Waals surface area contributed by atoms with E-state index < -0.39 is 6.08 Å². The van der Waals surface area contributed by atoms with Crippen LogP contribution in [0.25, 0.3) is 0 Å². The molecule has 1 heterocycles. The molecule has 0 radical (unpaired) electrons. The Morgan fingerprint density at radius 1 is 1.12 bits per heavy atom. The Labute approximate surface area is 122 Å². The first-order valence-electron chi connectivity index (χ1n) is 4.66. The summed E-state index contributed by atoms with van der Waals surface area (Å²) < 4.78 is 23.5. The topological polar surface area (TPSA) is 0 Å². The van der Waals surface area contributed by atoms with Gasteiger partial charge >= 0.3 is 0 Å². The van der Waals surface area contributed by atoms with Crippen molar-refractivity contribution < 1.29 is 29.8 Å². The zero-order valence-electron chi connectivity index (χ0n) is 10.5. The first-order chi connectivity index (χ1) is 7.04. The number of halogens is 2. The molecule has 0 nitrogen and oxygen atoms in total. The summed E-state index contributed by atoms with van der Waals surface area (Å²) >= 11 is 1.71. The van der Waals surface area contributed by atoms with E-state index in [2.05, 4.69) is 6.58 Å². The van der Waals surface area contributed by atoms with Crippen LogP contribution in [0.4, 0.5) is 8.78 Å². The number of thiophene rings is 1.